The number of benzene rings is 1. The molecule has 1 fully saturated rings. The number of ether oxygens (including phenoxy) is 1. The summed E-state index contributed by atoms with van der Waals surface area (Å²) < 4.78 is 31.1. The molecule has 0 aromatic heterocycles. The summed E-state index contributed by atoms with van der Waals surface area (Å²) in [4.78, 5) is 0. The third-order valence-electron chi connectivity index (χ3n) is 2.89. The molecule has 0 bridgehead atoms. The summed E-state index contributed by atoms with van der Waals surface area (Å²) in [6.45, 7) is 0.758. The summed E-state index contributed by atoms with van der Waals surface area (Å²) >= 11 is 0. The van der Waals surface area contributed by atoms with Gasteiger partial charge < -0.3 is 9.84 Å². The van der Waals surface area contributed by atoms with Crippen LogP contribution in [0.25, 0.3) is 0 Å². The average molecular weight is 271 g/mol. The van der Waals surface area contributed by atoms with Gasteiger partial charge in [-0.3, -0.25) is 0 Å². The molecule has 1 aliphatic heterocycles. The van der Waals surface area contributed by atoms with Gasteiger partial charge in [0.15, 0.2) is 0 Å². The summed E-state index contributed by atoms with van der Waals surface area (Å²) in [5.74, 6) is -0.00795. The Morgan fingerprint density at radius 1 is 1.33 bits per heavy atom. The third-order valence-corrected chi connectivity index (χ3v) is 4.71. The highest BCUT2D eigenvalue weighted by molar-refractivity contribution is 7.88. The van der Waals surface area contributed by atoms with Gasteiger partial charge in [-0.2, -0.15) is 4.31 Å². The molecule has 1 saturated heterocycles. The van der Waals surface area contributed by atoms with Gasteiger partial charge in [0, 0.05) is 13.1 Å². The van der Waals surface area contributed by atoms with E-state index >= 15 is 0 Å². The highest BCUT2D eigenvalue weighted by Gasteiger charge is 2.29. The fourth-order valence-corrected chi connectivity index (χ4v) is 3.47. The predicted octanol–water partition coefficient (Wildman–Crippen LogP) is 0.210. The lowest BCUT2D eigenvalue weighted by Gasteiger charge is -2.31. The average Bonchev–Trinajstić information content (AvgIpc) is 2.39. The summed E-state index contributed by atoms with van der Waals surface area (Å²) in [7, 11) is -3.34. The van der Waals surface area contributed by atoms with Crippen molar-refractivity contribution in [1.29, 1.82) is 0 Å². The standard InChI is InChI=1S/C12H17NO4S/c14-9-12-8-13(6-7-17-12)18(15,16)10-11-4-2-1-3-5-11/h1-5,12,14H,6-10H2. The summed E-state index contributed by atoms with van der Waals surface area (Å²) in [5, 5.41) is 9.02. The van der Waals surface area contributed by atoms with Crippen LogP contribution in [0.2, 0.25) is 0 Å². The second kappa shape index (κ2) is 5.79. The molecular weight excluding hydrogens is 254 g/mol. The van der Waals surface area contributed by atoms with Crippen LogP contribution in [0, 0.1) is 0 Å². The van der Waals surface area contributed by atoms with Crippen LogP contribution >= 0.6 is 0 Å². The summed E-state index contributed by atoms with van der Waals surface area (Å²) in [6, 6.07) is 9.08. The zero-order valence-electron chi connectivity index (χ0n) is 10.0. The zero-order chi connectivity index (χ0) is 13.0. The van der Waals surface area contributed by atoms with Crippen molar-refractivity contribution in [1.82, 2.24) is 4.31 Å². The number of nitrogens with zero attached hydrogens (tertiary/aromatic N) is 1. The number of hydrogen-bond donors (Lipinski definition) is 1. The first-order valence-electron chi connectivity index (χ1n) is 5.86. The van der Waals surface area contributed by atoms with Gasteiger partial charge in [0.2, 0.25) is 10.0 Å². The Morgan fingerprint density at radius 2 is 2.06 bits per heavy atom. The monoisotopic (exact) mass is 271 g/mol. The van der Waals surface area contributed by atoms with Crippen molar-refractivity contribution in [3.63, 3.8) is 0 Å². The van der Waals surface area contributed by atoms with Crippen molar-refractivity contribution in [3.05, 3.63) is 35.9 Å². The first kappa shape index (κ1) is 13.5. The quantitative estimate of drug-likeness (QED) is 0.850. The van der Waals surface area contributed by atoms with Crippen molar-refractivity contribution in [2.24, 2.45) is 0 Å². The number of morpholine rings is 1. The van der Waals surface area contributed by atoms with Gasteiger partial charge in [0.1, 0.15) is 0 Å². The molecule has 1 atom stereocenters. The van der Waals surface area contributed by atoms with Crippen LogP contribution < -0.4 is 0 Å². The first-order valence-corrected chi connectivity index (χ1v) is 7.47. The molecule has 100 valence electrons. The fraction of sp³-hybridized carbons (Fsp3) is 0.500. The molecule has 1 aromatic rings. The van der Waals surface area contributed by atoms with Crippen molar-refractivity contribution >= 4 is 10.0 Å². The van der Waals surface area contributed by atoms with Gasteiger partial charge in [-0.15, -0.1) is 0 Å². The Kier molecular flexibility index (Phi) is 4.34. The Bertz CT molecular complexity index is 474. The van der Waals surface area contributed by atoms with Crippen LogP contribution in [0.5, 0.6) is 0 Å². The largest absolute Gasteiger partial charge is 0.394 e. The number of rotatable bonds is 4. The van der Waals surface area contributed by atoms with E-state index in [4.69, 9.17) is 9.84 Å². The predicted molar refractivity (Wildman–Crippen MR) is 67.5 cm³/mol. The van der Waals surface area contributed by atoms with Gasteiger partial charge in [0.05, 0.1) is 25.1 Å². The molecule has 1 N–H and O–H groups in total. The molecule has 1 unspecified atom stereocenters. The number of aliphatic hydroxyl groups excluding tert-OH is 1. The second-order valence-electron chi connectivity index (χ2n) is 4.28. The maximum absolute atomic E-state index is 12.2. The van der Waals surface area contributed by atoms with E-state index in [1.807, 2.05) is 18.2 Å². The van der Waals surface area contributed by atoms with Crippen LogP contribution in [0.4, 0.5) is 0 Å². The lowest BCUT2D eigenvalue weighted by molar-refractivity contribution is -0.0305. The van der Waals surface area contributed by atoms with E-state index in [9.17, 15) is 8.42 Å². The molecule has 2 rings (SSSR count). The van der Waals surface area contributed by atoms with Crippen LogP contribution in [0.15, 0.2) is 30.3 Å². The maximum Gasteiger partial charge on any atom is 0.218 e. The first-order chi connectivity index (χ1) is 8.62. The molecule has 1 aliphatic rings. The van der Waals surface area contributed by atoms with Crippen molar-refractivity contribution in [2.75, 3.05) is 26.3 Å². The van der Waals surface area contributed by atoms with Gasteiger partial charge >= 0.3 is 0 Å². The van der Waals surface area contributed by atoms with Gasteiger partial charge in [-0.05, 0) is 5.56 Å². The molecule has 0 amide bonds. The van der Waals surface area contributed by atoms with Gasteiger partial charge in [-0.1, -0.05) is 30.3 Å². The highest BCUT2D eigenvalue weighted by atomic mass is 32.2. The second-order valence-corrected chi connectivity index (χ2v) is 6.24. The van der Waals surface area contributed by atoms with E-state index in [0.717, 1.165) is 5.56 Å². The van der Waals surface area contributed by atoms with Gasteiger partial charge in [-0.25, -0.2) is 8.42 Å². The van der Waals surface area contributed by atoms with Crippen LogP contribution in [0.3, 0.4) is 0 Å². The molecule has 5 nitrogen and oxygen atoms in total. The molecule has 1 aromatic carbocycles. The number of hydrogen-bond acceptors (Lipinski definition) is 4. The summed E-state index contributed by atoms with van der Waals surface area (Å²) in [5.41, 5.74) is 0.768. The van der Waals surface area contributed by atoms with Crippen LogP contribution in [-0.2, 0) is 20.5 Å². The van der Waals surface area contributed by atoms with E-state index in [1.54, 1.807) is 12.1 Å². The summed E-state index contributed by atoms with van der Waals surface area (Å²) in [6.07, 6.45) is -0.413. The SMILES string of the molecule is O=S(=O)(Cc1ccccc1)N1CCOC(CO)C1. The molecule has 18 heavy (non-hydrogen) atoms. The van der Waals surface area contributed by atoms with E-state index in [0.29, 0.717) is 13.2 Å². The van der Waals surface area contributed by atoms with Crippen LogP contribution in [-0.4, -0.2) is 50.2 Å². The molecule has 0 aliphatic carbocycles. The van der Waals surface area contributed by atoms with E-state index < -0.39 is 16.1 Å². The van der Waals surface area contributed by atoms with Crippen molar-refractivity contribution in [3.8, 4) is 0 Å². The maximum atomic E-state index is 12.2. The lowest BCUT2D eigenvalue weighted by atomic mass is 10.2. The Morgan fingerprint density at radius 3 is 2.72 bits per heavy atom. The molecule has 0 saturated carbocycles. The minimum Gasteiger partial charge on any atom is -0.394 e. The van der Waals surface area contributed by atoms with Crippen LogP contribution in [0.1, 0.15) is 5.56 Å². The molecule has 1 heterocycles. The zero-order valence-corrected chi connectivity index (χ0v) is 10.8. The highest BCUT2D eigenvalue weighted by Crippen LogP contribution is 2.14. The number of sulfonamides is 1. The van der Waals surface area contributed by atoms with E-state index in [1.165, 1.54) is 4.31 Å². The topological polar surface area (TPSA) is 66.8 Å². The van der Waals surface area contributed by atoms with Crippen molar-refractivity contribution in [2.45, 2.75) is 11.9 Å². The minimum absolute atomic E-state index is 0.00795. The number of aliphatic hydroxyl groups is 1. The molecule has 6 heteroatoms. The Balaban J connectivity index is 2.06. The third kappa shape index (κ3) is 3.29. The van der Waals surface area contributed by atoms with Crippen molar-refractivity contribution < 1.29 is 18.3 Å². The molecular formula is C12H17NO4S. The minimum atomic E-state index is -3.34. The molecule has 0 radical (unpaired) electrons. The van der Waals surface area contributed by atoms with E-state index in [2.05, 4.69) is 0 Å². The van der Waals surface area contributed by atoms with Gasteiger partial charge in [0.25, 0.3) is 0 Å². The Labute approximate surface area is 107 Å². The van der Waals surface area contributed by atoms with E-state index in [-0.39, 0.29) is 18.9 Å². The molecule has 0 spiro atoms. The fourth-order valence-electron chi connectivity index (χ4n) is 1.93. The smallest absolute Gasteiger partial charge is 0.218 e. The normalized spacial score (nSPS) is 21.9. The Hall–Kier alpha value is -0.950. The lowest BCUT2D eigenvalue weighted by Crippen LogP contribution is -2.47.